The lowest BCUT2D eigenvalue weighted by Crippen LogP contribution is -2.39. The van der Waals surface area contributed by atoms with E-state index in [0.717, 1.165) is 17.5 Å². The van der Waals surface area contributed by atoms with Crippen molar-refractivity contribution in [2.45, 2.75) is 18.6 Å². The van der Waals surface area contributed by atoms with Crippen LogP contribution in [0.15, 0.2) is 61.2 Å². The Morgan fingerprint density at radius 1 is 1.15 bits per heavy atom. The average molecular weight is 405 g/mol. The number of carbonyl (C=O) groups is 1. The second-order valence-electron chi connectivity index (χ2n) is 6.45. The normalized spacial score (nSPS) is 16.6. The molecule has 1 aliphatic heterocycles. The molecule has 2 aromatic rings. The molecule has 1 unspecified atom stereocenters. The summed E-state index contributed by atoms with van der Waals surface area (Å²) in [6.45, 7) is 5.30. The Bertz CT molecular complexity index is 732. The van der Waals surface area contributed by atoms with Crippen molar-refractivity contribution in [1.82, 2.24) is 10.2 Å². The molecule has 0 radical (unpaired) electrons. The molecule has 1 aliphatic rings. The number of urea groups is 1. The third-order valence-electron chi connectivity index (χ3n) is 4.50. The highest BCUT2D eigenvalue weighted by Gasteiger charge is 2.29. The summed E-state index contributed by atoms with van der Waals surface area (Å²) in [5.74, 6) is 0. The Kier molecular flexibility index (Phi) is 6.78. The summed E-state index contributed by atoms with van der Waals surface area (Å²) >= 11 is 12.1. The smallest absolute Gasteiger partial charge is 0.317 e. The highest BCUT2D eigenvalue weighted by atomic mass is 35.5. The molecule has 2 amide bonds. The highest BCUT2D eigenvalue weighted by Crippen LogP contribution is 2.31. The summed E-state index contributed by atoms with van der Waals surface area (Å²) in [5.41, 5.74) is 2.02. The number of ether oxygens (including phenoxy) is 1. The molecule has 2 aromatic carbocycles. The number of rotatable bonds is 6. The van der Waals surface area contributed by atoms with Gasteiger partial charge in [-0.2, -0.15) is 0 Å². The zero-order valence-corrected chi connectivity index (χ0v) is 16.4. The molecular formula is C21H22Cl2N2O2. The first-order valence-electron chi connectivity index (χ1n) is 8.87. The van der Waals surface area contributed by atoms with Gasteiger partial charge in [0, 0.05) is 29.7 Å². The van der Waals surface area contributed by atoms with Crippen LogP contribution in [0.5, 0.6) is 0 Å². The van der Waals surface area contributed by atoms with Crippen LogP contribution in [0, 0.1) is 0 Å². The molecule has 4 nitrogen and oxygen atoms in total. The van der Waals surface area contributed by atoms with Crippen LogP contribution in [0.2, 0.25) is 10.0 Å². The van der Waals surface area contributed by atoms with E-state index in [1.54, 1.807) is 11.0 Å². The molecule has 1 heterocycles. The third-order valence-corrected chi connectivity index (χ3v) is 5.01. The fraction of sp³-hybridized carbons (Fsp3) is 0.286. The number of hydrogen-bond donors (Lipinski definition) is 1. The molecular weight excluding hydrogens is 383 g/mol. The van der Waals surface area contributed by atoms with Crippen molar-refractivity contribution in [2.75, 3.05) is 19.6 Å². The van der Waals surface area contributed by atoms with Gasteiger partial charge in [0.25, 0.3) is 0 Å². The van der Waals surface area contributed by atoms with Gasteiger partial charge < -0.3 is 15.0 Å². The summed E-state index contributed by atoms with van der Waals surface area (Å²) in [6.07, 6.45) is 2.16. The van der Waals surface area contributed by atoms with Crippen molar-refractivity contribution in [3.05, 3.63) is 82.4 Å². The van der Waals surface area contributed by atoms with Gasteiger partial charge in [-0.15, -0.1) is 6.58 Å². The van der Waals surface area contributed by atoms with E-state index in [9.17, 15) is 4.79 Å². The van der Waals surface area contributed by atoms with Gasteiger partial charge in [0.15, 0.2) is 0 Å². The van der Waals surface area contributed by atoms with Crippen LogP contribution in [0.3, 0.4) is 0 Å². The summed E-state index contributed by atoms with van der Waals surface area (Å²) in [7, 11) is 0. The minimum atomic E-state index is -0.249. The van der Waals surface area contributed by atoms with Crippen LogP contribution in [0.4, 0.5) is 4.79 Å². The number of nitrogens with one attached hydrogen (secondary N) is 1. The van der Waals surface area contributed by atoms with E-state index in [4.69, 9.17) is 27.9 Å². The molecule has 0 aliphatic carbocycles. The van der Waals surface area contributed by atoms with Crippen LogP contribution in [0.25, 0.3) is 0 Å². The van der Waals surface area contributed by atoms with Crippen molar-refractivity contribution in [2.24, 2.45) is 0 Å². The fourth-order valence-corrected chi connectivity index (χ4v) is 3.36. The first-order chi connectivity index (χ1) is 13.1. The quantitative estimate of drug-likeness (QED) is 0.682. The third kappa shape index (κ3) is 5.25. The monoisotopic (exact) mass is 404 g/mol. The SMILES string of the molecule is C=CCNC(=O)N1CCC(OC(c2ccc(Cl)cc2)c2ccc(Cl)cc2)C1. The van der Waals surface area contributed by atoms with Crippen molar-refractivity contribution >= 4 is 29.2 Å². The first kappa shape index (κ1) is 19.7. The van der Waals surface area contributed by atoms with Crippen LogP contribution in [-0.4, -0.2) is 36.7 Å². The number of amides is 2. The van der Waals surface area contributed by atoms with Gasteiger partial charge in [-0.05, 0) is 41.8 Å². The fourth-order valence-electron chi connectivity index (χ4n) is 3.11. The number of hydrogen-bond acceptors (Lipinski definition) is 2. The number of carbonyl (C=O) groups excluding carboxylic acids is 1. The summed E-state index contributed by atoms with van der Waals surface area (Å²) < 4.78 is 6.42. The average Bonchev–Trinajstić information content (AvgIpc) is 3.15. The second kappa shape index (κ2) is 9.27. The van der Waals surface area contributed by atoms with E-state index >= 15 is 0 Å². The van der Waals surface area contributed by atoms with E-state index in [0.29, 0.717) is 29.7 Å². The summed E-state index contributed by atoms with van der Waals surface area (Å²) in [6, 6.07) is 15.2. The van der Waals surface area contributed by atoms with Crippen LogP contribution in [-0.2, 0) is 4.74 Å². The number of halogens is 2. The minimum Gasteiger partial charge on any atom is -0.364 e. The van der Waals surface area contributed by atoms with Gasteiger partial charge in [-0.3, -0.25) is 0 Å². The molecule has 1 fully saturated rings. The van der Waals surface area contributed by atoms with E-state index < -0.39 is 0 Å². The molecule has 27 heavy (non-hydrogen) atoms. The minimum absolute atomic E-state index is 0.0455. The lowest BCUT2D eigenvalue weighted by molar-refractivity contribution is 0.0160. The molecule has 142 valence electrons. The van der Waals surface area contributed by atoms with Crippen molar-refractivity contribution < 1.29 is 9.53 Å². The molecule has 0 aromatic heterocycles. The molecule has 0 saturated carbocycles. The van der Waals surface area contributed by atoms with Crippen molar-refractivity contribution in [1.29, 1.82) is 0 Å². The van der Waals surface area contributed by atoms with Gasteiger partial charge >= 0.3 is 6.03 Å². The second-order valence-corrected chi connectivity index (χ2v) is 7.32. The maximum atomic E-state index is 12.1. The maximum absolute atomic E-state index is 12.1. The highest BCUT2D eigenvalue weighted by molar-refractivity contribution is 6.30. The summed E-state index contributed by atoms with van der Waals surface area (Å²) in [4.78, 5) is 13.9. The standard InChI is InChI=1S/C21H22Cl2N2O2/c1-2-12-24-21(26)25-13-11-19(14-25)27-20(15-3-7-17(22)8-4-15)16-5-9-18(23)10-6-16/h2-10,19-20H,1,11-14H2,(H,24,26). The molecule has 3 rings (SSSR count). The van der Waals surface area contributed by atoms with Crippen molar-refractivity contribution in [3.63, 3.8) is 0 Å². The topological polar surface area (TPSA) is 41.6 Å². The number of likely N-dealkylation sites (tertiary alicyclic amines) is 1. The zero-order valence-electron chi connectivity index (χ0n) is 14.9. The maximum Gasteiger partial charge on any atom is 0.317 e. The Labute approximate surface area is 169 Å². The number of benzene rings is 2. The first-order valence-corrected chi connectivity index (χ1v) is 9.62. The number of nitrogens with zero attached hydrogens (tertiary/aromatic N) is 1. The van der Waals surface area contributed by atoms with E-state index in [1.807, 2.05) is 48.5 Å². The van der Waals surface area contributed by atoms with Crippen LogP contribution in [0.1, 0.15) is 23.7 Å². The predicted molar refractivity (Wildman–Crippen MR) is 109 cm³/mol. The Morgan fingerprint density at radius 3 is 2.22 bits per heavy atom. The zero-order chi connectivity index (χ0) is 19.2. The van der Waals surface area contributed by atoms with Gasteiger partial charge in [0.1, 0.15) is 6.10 Å². The van der Waals surface area contributed by atoms with E-state index in [-0.39, 0.29) is 18.2 Å². The summed E-state index contributed by atoms with van der Waals surface area (Å²) in [5, 5.41) is 4.17. The Balaban J connectivity index is 1.74. The largest absolute Gasteiger partial charge is 0.364 e. The lowest BCUT2D eigenvalue weighted by atomic mass is 10.0. The van der Waals surface area contributed by atoms with E-state index in [1.165, 1.54) is 0 Å². The predicted octanol–water partition coefficient (Wildman–Crippen LogP) is 5.07. The molecule has 1 atom stereocenters. The molecule has 0 spiro atoms. The van der Waals surface area contributed by atoms with E-state index in [2.05, 4.69) is 11.9 Å². The van der Waals surface area contributed by atoms with Crippen molar-refractivity contribution in [3.8, 4) is 0 Å². The van der Waals surface area contributed by atoms with Gasteiger partial charge in [-0.25, -0.2) is 4.79 Å². The van der Waals surface area contributed by atoms with Crippen LogP contribution >= 0.6 is 23.2 Å². The van der Waals surface area contributed by atoms with Gasteiger partial charge in [-0.1, -0.05) is 53.5 Å². The van der Waals surface area contributed by atoms with Gasteiger partial charge in [0.2, 0.25) is 0 Å². The molecule has 6 heteroatoms. The molecule has 1 saturated heterocycles. The molecule has 1 N–H and O–H groups in total. The lowest BCUT2D eigenvalue weighted by Gasteiger charge is -2.24. The van der Waals surface area contributed by atoms with Crippen LogP contribution < -0.4 is 5.32 Å². The van der Waals surface area contributed by atoms with Gasteiger partial charge in [0.05, 0.1) is 6.10 Å². The Morgan fingerprint density at radius 2 is 1.70 bits per heavy atom. The Hall–Kier alpha value is -2.01. The molecule has 0 bridgehead atoms.